The van der Waals surface area contributed by atoms with Gasteiger partial charge in [0.25, 0.3) is 0 Å². The average molecular weight is 556 g/mol. The van der Waals surface area contributed by atoms with Crippen molar-refractivity contribution in [3.8, 4) is 11.1 Å². The highest BCUT2D eigenvalue weighted by Gasteiger charge is 2.44. The Bertz CT molecular complexity index is 1340. The van der Waals surface area contributed by atoms with Crippen molar-refractivity contribution in [2.24, 2.45) is 0 Å². The second-order valence-corrected chi connectivity index (χ2v) is 10.9. The van der Waals surface area contributed by atoms with Gasteiger partial charge in [-0.3, -0.25) is 9.69 Å². The SMILES string of the molecule is CCC[C@H](NC(=O)C1(NC(=O)OCC2c3ccccc3-c3ccccc32)CCN(Cc2ccccc2)CC1)C(=O)O. The average Bonchev–Trinajstić information content (AvgIpc) is 3.31. The van der Waals surface area contributed by atoms with Gasteiger partial charge in [0.05, 0.1) is 0 Å². The van der Waals surface area contributed by atoms with E-state index in [1.54, 1.807) is 0 Å². The van der Waals surface area contributed by atoms with E-state index in [1.807, 2.05) is 49.4 Å². The van der Waals surface area contributed by atoms with Gasteiger partial charge in [0.15, 0.2) is 0 Å². The first-order valence-electron chi connectivity index (χ1n) is 14.3. The number of nitrogens with one attached hydrogen (secondary N) is 2. The standard InChI is InChI=1S/C33H37N3O5/c1-2-10-29(30(37)38)34-31(39)33(17-19-36(20-18-33)21-23-11-4-3-5-12-23)35-32(40)41-22-28-26-15-8-6-13-24(26)25-14-7-9-16-27(25)28/h3-9,11-16,28-29H,2,10,17-22H2,1H3,(H,34,39)(H,35,40)(H,37,38)/t29-/m0/s1. The van der Waals surface area contributed by atoms with E-state index in [9.17, 15) is 19.5 Å². The predicted molar refractivity (Wildman–Crippen MR) is 156 cm³/mol. The van der Waals surface area contributed by atoms with Gasteiger partial charge in [-0.1, -0.05) is 92.2 Å². The number of ether oxygens (including phenoxy) is 1. The van der Waals surface area contributed by atoms with Crippen molar-refractivity contribution >= 4 is 18.0 Å². The number of aliphatic carboxylic acids is 1. The summed E-state index contributed by atoms with van der Waals surface area (Å²) in [5, 5.41) is 15.2. The topological polar surface area (TPSA) is 108 Å². The summed E-state index contributed by atoms with van der Waals surface area (Å²) in [7, 11) is 0. The molecule has 1 fully saturated rings. The van der Waals surface area contributed by atoms with Crippen LogP contribution in [0.1, 0.15) is 55.2 Å². The monoisotopic (exact) mass is 555 g/mol. The minimum atomic E-state index is -1.27. The molecular formula is C33H37N3O5. The summed E-state index contributed by atoms with van der Waals surface area (Å²) in [6.07, 6.45) is 0.917. The Balaban J connectivity index is 1.29. The van der Waals surface area contributed by atoms with Crippen LogP contribution < -0.4 is 10.6 Å². The minimum absolute atomic E-state index is 0.105. The lowest BCUT2D eigenvalue weighted by molar-refractivity contribution is -0.143. The van der Waals surface area contributed by atoms with Crippen molar-refractivity contribution in [2.45, 2.75) is 56.7 Å². The van der Waals surface area contributed by atoms with E-state index >= 15 is 0 Å². The van der Waals surface area contributed by atoms with Gasteiger partial charge in [-0.25, -0.2) is 9.59 Å². The second kappa shape index (κ2) is 12.6. The summed E-state index contributed by atoms with van der Waals surface area (Å²) in [6.45, 7) is 3.87. The first kappa shape index (κ1) is 28.4. The van der Waals surface area contributed by atoms with Crippen LogP contribution >= 0.6 is 0 Å². The van der Waals surface area contributed by atoms with E-state index < -0.39 is 29.6 Å². The van der Waals surface area contributed by atoms with E-state index in [-0.39, 0.29) is 12.5 Å². The van der Waals surface area contributed by atoms with E-state index in [1.165, 1.54) is 5.56 Å². The Morgan fingerprint density at radius 3 is 2.10 bits per heavy atom. The Labute approximate surface area is 240 Å². The molecule has 0 bridgehead atoms. The van der Waals surface area contributed by atoms with Crippen LogP contribution in [0.5, 0.6) is 0 Å². The van der Waals surface area contributed by atoms with Crippen molar-refractivity contribution in [3.05, 3.63) is 95.6 Å². The van der Waals surface area contributed by atoms with Crippen LogP contribution in [0.3, 0.4) is 0 Å². The van der Waals surface area contributed by atoms with Gasteiger partial charge < -0.3 is 20.5 Å². The first-order valence-corrected chi connectivity index (χ1v) is 14.3. The highest BCUT2D eigenvalue weighted by atomic mass is 16.5. The third kappa shape index (κ3) is 6.28. The van der Waals surface area contributed by atoms with Gasteiger partial charge in [0, 0.05) is 25.6 Å². The smallest absolute Gasteiger partial charge is 0.408 e. The van der Waals surface area contributed by atoms with Crippen molar-refractivity contribution in [1.29, 1.82) is 0 Å². The van der Waals surface area contributed by atoms with Crippen LogP contribution in [0, 0.1) is 0 Å². The van der Waals surface area contributed by atoms with Gasteiger partial charge in [-0.2, -0.15) is 0 Å². The van der Waals surface area contributed by atoms with Crippen LogP contribution in [-0.2, 0) is 20.9 Å². The fourth-order valence-electron chi connectivity index (χ4n) is 6.02. The number of piperidine rings is 1. The minimum Gasteiger partial charge on any atom is -0.480 e. The highest BCUT2D eigenvalue weighted by Crippen LogP contribution is 2.44. The molecule has 214 valence electrons. The number of carboxylic acid groups (broad SMARTS) is 1. The first-order chi connectivity index (χ1) is 19.9. The van der Waals surface area contributed by atoms with Crippen LogP contribution in [-0.4, -0.2) is 59.3 Å². The van der Waals surface area contributed by atoms with E-state index in [0.717, 1.165) is 28.8 Å². The number of carboxylic acids is 1. The fraction of sp³-hybridized carbons (Fsp3) is 0.364. The highest BCUT2D eigenvalue weighted by molar-refractivity contribution is 5.93. The van der Waals surface area contributed by atoms with Gasteiger partial charge in [-0.15, -0.1) is 0 Å². The lowest BCUT2D eigenvalue weighted by Crippen LogP contribution is -2.64. The third-order valence-electron chi connectivity index (χ3n) is 8.26. The molecule has 8 nitrogen and oxygen atoms in total. The van der Waals surface area contributed by atoms with Crippen LogP contribution in [0.4, 0.5) is 4.79 Å². The quantitative estimate of drug-likeness (QED) is 0.328. The molecule has 1 atom stereocenters. The molecule has 0 aromatic heterocycles. The molecule has 3 aromatic carbocycles. The number of nitrogens with zero attached hydrogens (tertiary/aromatic N) is 1. The molecule has 1 aliphatic heterocycles. The molecule has 3 N–H and O–H groups in total. The largest absolute Gasteiger partial charge is 0.480 e. The molecule has 8 heteroatoms. The number of amides is 2. The zero-order chi connectivity index (χ0) is 28.8. The van der Waals surface area contributed by atoms with E-state index in [2.05, 4.69) is 51.9 Å². The van der Waals surface area contributed by atoms with Gasteiger partial charge in [-0.05, 0) is 47.1 Å². The molecule has 3 aromatic rings. The van der Waals surface area contributed by atoms with E-state index in [0.29, 0.717) is 38.8 Å². The maximum absolute atomic E-state index is 13.6. The number of carbonyl (C=O) groups excluding carboxylic acids is 2. The predicted octanol–water partition coefficient (Wildman–Crippen LogP) is 4.93. The zero-order valence-corrected chi connectivity index (χ0v) is 23.3. The van der Waals surface area contributed by atoms with E-state index in [4.69, 9.17) is 4.74 Å². The van der Waals surface area contributed by atoms with Gasteiger partial charge >= 0.3 is 12.1 Å². The number of hydrogen-bond acceptors (Lipinski definition) is 5. The third-order valence-corrected chi connectivity index (χ3v) is 8.26. The zero-order valence-electron chi connectivity index (χ0n) is 23.3. The fourth-order valence-corrected chi connectivity index (χ4v) is 6.02. The van der Waals surface area contributed by atoms with Crippen molar-refractivity contribution in [3.63, 3.8) is 0 Å². The Kier molecular flexibility index (Phi) is 8.69. The Morgan fingerprint density at radius 2 is 1.51 bits per heavy atom. The molecule has 5 rings (SSSR count). The van der Waals surface area contributed by atoms with Crippen molar-refractivity contribution in [2.75, 3.05) is 19.7 Å². The Morgan fingerprint density at radius 1 is 0.927 bits per heavy atom. The van der Waals surface area contributed by atoms with Gasteiger partial charge in [0.1, 0.15) is 18.2 Å². The summed E-state index contributed by atoms with van der Waals surface area (Å²) in [4.78, 5) is 41.0. The number of fused-ring (bicyclic) bond motifs is 3. The molecule has 1 aliphatic carbocycles. The van der Waals surface area contributed by atoms with Crippen LogP contribution in [0.2, 0.25) is 0 Å². The number of alkyl carbamates (subject to hydrolysis) is 1. The molecule has 2 aliphatic rings. The molecule has 0 radical (unpaired) electrons. The summed E-state index contributed by atoms with van der Waals surface area (Å²) in [5.41, 5.74) is 4.38. The molecule has 2 amide bonds. The molecule has 1 heterocycles. The molecule has 41 heavy (non-hydrogen) atoms. The van der Waals surface area contributed by atoms with Crippen LogP contribution in [0.25, 0.3) is 11.1 Å². The molecule has 0 saturated carbocycles. The van der Waals surface area contributed by atoms with Crippen molar-refractivity contribution < 1.29 is 24.2 Å². The molecule has 0 spiro atoms. The van der Waals surface area contributed by atoms with Crippen LogP contribution in [0.15, 0.2) is 78.9 Å². The Hall–Kier alpha value is -4.17. The summed E-state index contributed by atoms with van der Waals surface area (Å²) in [6, 6.07) is 25.3. The normalized spacial score (nSPS) is 16.7. The number of carbonyl (C=O) groups is 3. The number of rotatable bonds is 10. The number of hydrogen-bond donors (Lipinski definition) is 3. The summed E-state index contributed by atoms with van der Waals surface area (Å²) < 4.78 is 5.78. The lowest BCUT2D eigenvalue weighted by Gasteiger charge is -2.41. The maximum Gasteiger partial charge on any atom is 0.408 e. The second-order valence-electron chi connectivity index (χ2n) is 10.9. The molecular weight excluding hydrogens is 518 g/mol. The lowest BCUT2D eigenvalue weighted by atomic mass is 9.86. The van der Waals surface area contributed by atoms with Gasteiger partial charge in [0.2, 0.25) is 5.91 Å². The number of likely N-dealkylation sites (tertiary alicyclic amines) is 1. The number of benzene rings is 3. The molecule has 0 unspecified atom stereocenters. The molecule has 1 saturated heterocycles. The van der Waals surface area contributed by atoms with Crippen molar-refractivity contribution in [1.82, 2.24) is 15.5 Å². The summed E-state index contributed by atoms with van der Waals surface area (Å²) >= 11 is 0. The maximum atomic E-state index is 13.6. The summed E-state index contributed by atoms with van der Waals surface area (Å²) in [5.74, 6) is -1.67.